The van der Waals surface area contributed by atoms with Crippen LogP contribution in [0.15, 0.2) is 24.3 Å². The lowest BCUT2D eigenvalue weighted by Gasteiger charge is -2.35. The van der Waals surface area contributed by atoms with Crippen LogP contribution in [0.1, 0.15) is 30.6 Å². The second-order valence-corrected chi connectivity index (χ2v) is 5.16. The second-order valence-electron chi connectivity index (χ2n) is 5.16. The molecule has 1 amide bonds. The maximum absolute atomic E-state index is 12.8. The van der Waals surface area contributed by atoms with Crippen molar-refractivity contribution in [1.82, 2.24) is 4.90 Å². The molecule has 0 unspecified atom stereocenters. The number of halogens is 1. The van der Waals surface area contributed by atoms with Gasteiger partial charge in [-0.2, -0.15) is 0 Å². The molecule has 1 heterocycles. The summed E-state index contributed by atoms with van der Waals surface area (Å²) in [5.41, 5.74) is 0.577. The highest BCUT2D eigenvalue weighted by molar-refractivity contribution is 5.94. The van der Waals surface area contributed by atoms with E-state index in [1.807, 2.05) is 4.90 Å². The number of likely N-dealkylation sites (tertiary alicyclic amines) is 1. The summed E-state index contributed by atoms with van der Waals surface area (Å²) >= 11 is 0. The summed E-state index contributed by atoms with van der Waals surface area (Å²) in [5.74, 6) is 0.802. The molecule has 0 radical (unpaired) electrons. The molecule has 0 aliphatic carbocycles. The van der Waals surface area contributed by atoms with Crippen molar-refractivity contribution in [3.63, 3.8) is 0 Å². The molecule has 0 N–H and O–H groups in total. The number of rotatable bonds is 1. The lowest BCUT2D eigenvalue weighted by Crippen LogP contribution is -2.42. The van der Waals surface area contributed by atoms with Gasteiger partial charge in [-0.25, -0.2) is 4.39 Å². The Bertz CT molecular complexity index is 391. The highest BCUT2D eigenvalue weighted by atomic mass is 19.1. The van der Waals surface area contributed by atoms with E-state index in [2.05, 4.69) is 13.8 Å². The van der Waals surface area contributed by atoms with Crippen molar-refractivity contribution in [3.05, 3.63) is 35.6 Å². The molecule has 92 valence electrons. The first-order chi connectivity index (χ1) is 8.06. The fourth-order valence-corrected chi connectivity index (χ4v) is 2.60. The van der Waals surface area contributed by atoms with Gasteiger partial charge in [0.2, 0.25) is 0 Å². The minimum absolute atomic E-state index is 0.0170. The lowest BCUT2D eigenvalue weighted by atomic mass is 9.91. The molecule has 0 bridgehead atoms. The first-order valence-electron chi connectivity index (χ1n) is 6.11. The van der Waals surface area contributed by atoms with Gasteiger partial charge >= 0.3 is 0 Å². The van der Waals surface area contributed by atoms with Gasteiger partial charge in [-0.1, -0.05) is 13.8 Å². The second kappa shape index (κ2) is 4.86. The molecule has 1 fully saturated rings. The van der Waals surface area contributed by atoms with Gasteiger partial charge in [0.05, 0.1) is 0 Å². The van der Waals surface area contributed by atoms with Crippen molar-refractivity contribution in [1.29, 1.82) is 0 Å². The Morgan fingerprint density at radius 3 is 2.24 bits per heavy atom. The van der Waals surface area contributed by atoms with Gasteiger partial charge in [0.15, 0.2) is 0 Å². The van der Waals surface area contributed by atoms with E-state index >= 15 is 0 Å². The van der Waals surface area contributed by atoms with Gasteiger partial charge in [0.1, 0.15) is 5.82 Å². The van der Waals surface area contributed by atoms with Gasteiger partial charge in [-0.05, 0) is 42.5 Å². The van der Waals surface area contributed by atoms with E-state index in [4.69, 9.17) is 0 Å². The molecule has 1 saturated heterocycles. The molecule has 2 rings (SSSR count). The molecule has 0 aromatic heterocycles. The van der Waals surface area contributed by atoms with Crippen LogP contribution in [0.25, 0.3) is 0 Å². The quantitative estimate of drug-likeness (QED) is 0.733. The number of piperidine rings is 1. The molecule has 0 saturated carbocycles. The third-order valence-electron chi connectivity index (χ3n) is 3.25. The Balaban J connectivity index is 2.11. The van der Waals surface area contributed by atoms with E-state index in [0.717, 1.165) is 13.1 Å². The van der Waals surface area contributed by atoms with Crippen LogP contribution in [-0.2, 0) is 0 Å². The first kappa shape index (κ1) is 12.1. The predicted molar refractivity (Wildman–Crippen MR) is 65.2 cm³/mol. The van der Waals surface area contributed by atoms with Crippen molar-refractivity contribution in [2.24, 2.45) is 11.8 Å². The first-order valence-corrected chi connectivity index (χ1v) is 6.11. The monoisotopic (exact) mass is 235 g/mol. The summed E-state index contributed by atoms with van der Waals surface area (Å²) in [4.78, 5) is 14.1. The Morgan fingerprint density at radius 1 is 1.18 bits per heavy atom. The zero-order valence-corrected chi connectivity index (χ0v) is 10.3. The van der Waals surface area contributed by atoms with Crippen LogP contribution in [0, 0.1) is 17.7 Å². The molecule has 2 nitrogen and oxygen atoms in total. The van der Waals surface area contributed by atoms with Crippen molar-refractivity contribution in [2.45, 2.75) is 20.3 Å². The SMILES string of the molecule is C[C@@H]1C[C@H](C)CN(C(=O)c2ccc(F)cc2)C1. The van der Waals surface area contributed by atoms with E-state index < -0.39 is 0 Å². The summed E-state index contributed by atoms with van der Waals surface area (Å²) in [6.45, 7) is 5.95. The van der Waals surface area contributed by atoms with Crippen molar-refractivity contribution < 1.29 is 9.18 Å². The summed E-state index contributed by atoms with van der Waals surface area (Å²) in [6, 6.07) is 5.79. The molecule has 17 heavy (non-hydrogen) atoms. The number of hydrogen-bond acceptors (Lipinski definition) is 1. The maximum Gasteiger partial charge on any atom is 0.253 e. The smallest absolute Gasteiger partial charge is 0.253 e. The highest BCUT2D eigenvalue weighted by Crippen LogP contribution is 2.22. The standard InChI is InChI=1S/C14H18FNO/c1-10-7-11(2)9-16(8-10)14(17)12-3-5-13(15)6-4-12/h3-6,10-11H,7-9H2,1-2H3/t10-,11+. The average molecular weight is 235 g/mol. The minimum Gasteiger partial charge on any atom is -0.338 e. The largest absolute Gasteiger partial charge is 0.338 e. The number of benzene rings is 1. The van der Waals surface area contributed by atoms with Gasteiger partial charge in [0.25, 0.3) is 5.91 Å². The average Bonchev–Trinajstić information content (AvgIpc) is 2.28. The van der Waals surface area contributed by atoms with Gasteiger partial charge in [-0.3, -0.25) is 4.79 Å². The predicted octanol–water partition coefficient (Wildman–Crippen LogP) is 2.94. The normalized spacial score (nSPS) is 24.8. The molecule has 0 spiro atoms. The highest BCUT2D eigenvalue weighted by Gasteiger charge is 2.25. The molecular formula is C14H18FNO. The Morgan fingerprint density at radius 2 is 1.71 bits per heavy atom. The van der Waals surface area contributed by atoms with E-state index in [0.29, 0.717) is 17.4 Å². The maximum atomic E-state index is 12.8. The Labute approximate surface area is 101 Å². The molecule has 1 aromatic rings. The third-order valence-corrected chi connectivity index (χ3v) is 3.25. The Hall–Kier alpha value is -1.38. The van der Waals surface area contributed by atoms with Crippen LogP contribution in [0.2, 0.25) is 0 Å². The van der Waals surface area contributed by atoms with Crippen LogP contribution in [0.4, 0.5) is 4.39 Å². The van der Waals surface area contributed by atoms with Gasteiger partial charge in [-0.15, -0.1) is 0 Å². The third kappa shape index (κ3) is 2.84. The number of hydrogen-bond donors (Lipinski definition) is 0. The zero-order chi connectivity index (χ0) is 12.4. The van der Waals surface area contributed by atoms with Crippen LogP contribution >= 0.6 is 0 Å². The van der Waals surface area contributed by atoms with E-state index in [-0.39, 0.29) is 11.7 Å². The lowest BCUT2D eigenvalue weighted by molar-refractivity contribution is 0.0623. The van der Waals surface area contributed by atoms with Crippen LogP contribution in [-0.4, -0.2) is 23.9 Å². The Kier molecular flexibility index (Phi) is 3.46. The van der Waals surface area contributed by atoms with E-state index in [9.17, 15) is 9.18 Å². The number of amides is 1. The molecule has 1 aliphatic rings. The van der Waals surface area contributed by atoms with E-state index in [1.54, 1.807) is 12.1 Å². The van der Waals surface area contributed by atoms with Gasteiger partial charge < -0.3 is 4.90 Å². The summed E-state index contributed by atoms with van der Waals surface area (Å²) in [6.07, 6.45) is 1.17. The number of nitrogens with zero attached hydrogens (tertiary/aromatic N) is 1. The van der Waals surface area contributed by atoms with Crippen LogP contribution < -0.4 is 0 Å². The van der Waals surface area contributed by atoms with Crippen LogP contribution in [0.3, 0.4) is 0 Å². The molecule has 3 heteroatoms. The fourth-order valence-electron chi connectivity index (χ4n) is 2.60. The van der Waals surface area contributed by atoms with E-state index in [1.165, 1.54) is 18.6 Å². The summed E-state index contributed by atoms with van der Waals surface area (Å²) in [5, 5.41) is 0. The molecular weight excluding hydrogens is 217 g/mol. The molecule has 2 atom stereocenters. The van der Waals surface area contributed by atoms with Crippen molar-refractivity contribution >= 4 is 5.91 Å². The molecule has 1 aliphatic heterocycles. The summed E-state index contributed by atoms with van der Waals surface area (Å²) < 4.78 is 12.8. The van der Waals surface area contributed by atoms with Crippen molar-refractivity contribution in [3.8, 4) is 0 Å². The van der Waals surface area contributed by atoms with Crippen LogP contribution in [0.5, 0.6) is 0 Å². The fraction of sp³-hybridized carbons (Fsp3) is 0.500. The minimum atomic E-state index is -0.304. The topological polar surface area (TPSA) is 20.3 Å². The number of carbonyl (C=O) groups is 1. The summed E-state index contributed by atoms with van der Waals surface area (Å²) in [7, 11) is 0. The zero-order valence-electron chi connectivity index (χ0n) is 10.3. The number of carbonyl (C=O) groups excluding carboxylic acids is 1. The van der Waals surface area contributed by atoms with Gasteiger partial charge in [0, 0.05) is 18.7 Å². The molecule has 1 aromatic carbocycles. The van der Waals surface area contributed by atoms with Crippen molar-refractivity contribution in [2.75, 3.05) is 13.1 Å².